The molecule has 3 heterocycles. The number of hydrogen-bond acceptors (Lipinski definition) is 3. The van der Waals surface area contributed by atoms with E-state index in [1.165, 1.54) is 18.4 Å². The molecule has 3 aliphatic rings. The van der Waals surface area contributed by atoms with E-state index >= 15 is 0 Å². The average molecular weight is 484 g/mol. The van der Waals surface area contributed by atoms with E-state index in [0.29, 0.717) is 18.8 Å². The number of halogens is 3. The first-order valence-electron chi connectivity index (χ1n) is 13.1. The van der Waals surface area contributed by atoms with E-state index < -0.39 is 11.6 Å². The van der Waals surface area contributed by atoms with Crippen molar-refractivity contribution in [3.8, 4) is 11.1 Å². The Morgan fingerprint density at radius 3 is 2.17 bits per heavy atom. The lowest BCUT2D eigenvalue weighted by molar-refractivity contribution is -0.192. The first kappa shape index (κ1) is 24.4. The number of nitrogens with zero attached hydrogens (tertiary/aromatic N) is 3. The summed E-state index contributed by atoms with van der Waals surface area (Å²) in [6.45, 7) is 8.25. The number of rotatable bonds is 8. The summed E-state index contributed by atoms with van der Waals surface area (Å²) in [5.74, 6) is 0.574. The molecule has 0 spiro atoms. The van der Waals surface area contributed by atoms with Gasteiger partial charge in [-0.15, -0.1) is 0 Å². The van der Waals surface area contributed by atoms with Gasteiger partial charge in [0.25, 0.3) is 0 Å². The van der Waals surface area contributed by atoms with Crippen molar-refractivity contribution in [2.45, 2.75) is 57.5 Å². The zero-order chi connectivity index (χ0) is 24.5. The highest BCUT2D eigenvalue weighted by Gasteiger charge is 2.63. The highest BCUT2D eigenvalue weighted by molar-refractivity contribution is 5.68. The number of hydrogen-bond donors (Lipinski definition) is 0. The van der Waals surface area contributed by atoms with Crippen molar-refractivity contribution in [1.82, 2.24) is 14.8 Å². The molecule has 6 heteroatoms. The second kappa shape index (κ2) is 9.96. The largest absolute Gasteiger partial charge is 0.395 e. The normalized spacial score (nSPS) is 20.8. The van der Waals surface area contributed by atoms with Gasteiger partial charge >= 0.3 is 6.18 Å². The number of aromatic nitrogens is 1. The molecule has 1 saturated carbocycles. The molecule has 0 radical (unpaired) electrons. The van der Waals surface area contributed by atoms with E-state index in [1.54, 1.807) is 0 Å². The van der Waals surface area contributed by atoms with Gasteiger partial charge in [-0.05, 0) is 87.6 Å². The molecule has 3 fully saturated rings. The van der Waals surface area contributed by atoms with Gasteiger partial charge in [0.15, 0.2) is 0 Å². The molecular weight excluding hydrogens is 447 g/mol. The van der Waals surface area contributed by atoms with E-state index in [1.807, 2.05) is 11.1 Å². The molecule has 0 atom stereocenters. The van der Waals surface area contributed by atoms with Crippen molar-refractivity contribution in [1.29, 1.82) is 0 Å². The second-order valence-electron chi connectivity index (χ2n) is 10.8. The van der Waals surface area contributed by atoms with Gasteiger partial charge in [0.1, 0.15) is 0 Å². The second-order valence-corrected chi connectivity index (χ2v) is 10.8. The number of aryl methyl sites for hydroxylation is 1. The van der Waals surface area contributed by atoms with Crippen molar-refractivity contribution < 1.29 is 13.2 Å². The summed E-state index contributed by atoms with van der Waals surface area (Å²) in [5.41, 5.74) is 4.23. The Labute approximate surface area is 207 Å². The van der Waals surface area contributed by atoms with Gasteiger partial charge in [-0.2, -0.15) is 13.2 Å². The maximum Gasteiger partial charge on any atom is 0.395 e. The number of piperidine rings is 1. The topological polar surface area (TPSA) is 19.4 Å². The van der Waals surface area contributed by atoms with Gasteiger partial charge in [0, 0.05) is 42.8 Å². The van der Waals surface area contributed by atoms with Gasteiger partial charge in [-0.3, -0.25) is 4.98 Å². The van der Waals surface area contributed by atoms with Crippen LogP contribution < -0.4 is 0 Å². The van der Waals surface area contributed by atoms with Crippen molar-refractivity contribution >= 4 is 5.70 Å². The molecule has 1 aromatic carbocycles. The molecule has 0 unspecified atom stereocenters. The van der Waals surface area contributed by atoms with E-state index in [0.717, 1.165) is 74.4 Å². The van der Waals surface area contributed by atoms with Gasteiger partial charge in [0.05, 0.1) is 5.41 Å². The van der Waals surface area contributed by atoms with Crippen LogP contribution in [0.2, 0.25) is 0 Å². The fourth-order valence-electron chi connectivity index (χ4n) is 5.66. The number of pyridine rings is 1. The van der Waals surface area contributed by atoms with Crippen LogP contribution in [0.25, 0.3) is 16.8 Å². The maximum atomic E-state index is 13.2. The quantitative estimate of drug-likeness (QED) is 0.412. The van der Waals surface area contributed by atoms with Gasteiger partial charge in [-0.25, -0.2) is 0 Å². The summed E-state index contributed by atoms with van der Waals surface area (Å²) >= 11 is 0. The predicted octanol–water partition coefficient (Wildman–Crippen LogP) is 6.80. The molecule has 2 aliphatic heterocycles. The fraction of sp³-hybridized carbons (Fsp3) is 0.552. The van der Waals surface area contributed by atoms with Crippen LogP contribution in [0.15, 0.2) is 49.2 Å². The summed E-state index contributed by atoms with van der Waals surface area (Å²) in [5, 5.41) is 0. The minimum Gasteiger partial charge on any atom is -0.372 e. The Hall–Kier alpha value is -2.34. The molecule has 1 aliphatic carbocycles. The monoisotopic (exact) mass is 483 g/mol. The van der Waals surface area contributed by atoms with Crippen LogP contribution in [0.4, 0.5) is 13.2 Å². The van der Waals surface area contributed by atoms with Crippen molar-refractivity contribution in [3.63, 3.8) is 0 Å². The summed E-state index contributed by atoms with van der Waals surface area (Å²) in [6, 6.07) is 12.8. The Kier molecular flexibility index (Phi) is 6.93. The van der Waals surface area contributed by atoms with Crippen molar-refractivity contribution in [2.24, 2.45) is 11.3 Å². The van der Waals surface area contributed by atoms with Gasteiger partial charge < -0.3 is 9.80 Å². The highest BCUT2D eigenvalue weighted by atomic mass is 19.4. The first-order chi connectivity index (χ1) is 16.8. The van der Waals surface area contributed by atoms with Crippen LogP contribution in [-0.2, 0) is 6.42 Å². The molecule has 0 N–H and O–H groups in total. The molecule has 1 aromatic heterocycles. The molecule has 5 rings (SSSR count). The van der Waals surface area contributed by atoms with E-state index in [-0.39, 0.29) is 6.54 Å². The summed E-state index contributed by atoms with van der Waals surface area (Å²) in [4.78, 5) is 9.10. The standard InChI is InChI=1S/C29H36F3N3/c1-22(35-16-2-3-17-35)24-5-7-25(8-6-24)26-9-11-27(33-20-26)10-4-23-12-18-34(19-13-23)21-28(14-15-28)29(30,31)32/h5-9,11,20,23H,1-4,10,12-19,21H2. The average Bonchev–Trinajstić information content (AvgIpc) is 3.46. The van der Waals surface area contributed by atoms with E-state index in [2.05, 4.69) is 47.9 Å². The Morgan fingerprint density at radius 2 is 1.60 bits per heavy atom. The molecular formula is C29H36F3N3. The zero-order valence-corrected chi connectivity index (χ0v) is 20.5. The van der Waals surface area contributed by atoms with Crippen LogP contribution in [0, 0.1) is 11.3 Å². The molecule has 35 heavy (non-hydrogen) atoms. The lowest BCUT2D eigenvalue weighted by Gasteiger charge is -2.35. The Balaban J connectivity index is 1.08. The summed E-state index contributed by atoms with van der Waals surface area (Å²) in [7, 11) is 0. The molecule has 0 bridgehead atoms. The van der Waals surface area contributed by atoms with Crippen LogP contribution >= 0.6 is 0 Å². The minimum atomic E-state index is -4.05. The van der Waals surface area contributed by atoms with Crippen LogP contribution in [0.5, 0.6) is 0 Å². The van der Waals surface area contributed by atoms with Gasteiger partial charge in [-0.1, -0.05) is 36.9 Å². The zero-order valence-electron chi connectivity index (χ0n) is 20.5. The number of likely N-dealkylation sites (tertiary alicyclic amines) is 2. The molecule has 3 nitrogen and oxygen atoms in total. The number of alkyl halides is 3. The maximum absolute atomic E-state index is 13.2. The third-order valence-corrected chi connectivity index (χ3v) is 8.36. The lowest BCUT2D eigenvalue weighted by atomic mass is 9.90. The molecule has 0 amide bonds. The minimum absolute atomic E-state index is 0.194. The van der Waals surface area contributed by atoms with E-state index in [4.69, 9.17) is 4.98 Å². The lowest BCUT2D eigenvalue weighted by Crippen LogP contribution is -2.42. The fourth-order valence-corrected chi connectivity index (χ4v) is 5.66. The summed E-state index contributed by atoms with van der Waals surface area (Å²) < 4.78 is 39.7. The van der Waals surface area contributed by atoms with E-state index in [9.17, 15) is 13.2 Å². The molecule has 2 saturated heterocycles. The van der Waals surface area contributed by atoms with Crippen molar-refractivity contribution in [2.75, 3.05) is 32.7 Å². The summed E-state index contributed by atoms with van der Waals surface area (Å²) in [6.07, 6.45) is 4.95. The Morgan fingerprint density at radius 1 is 0.943 bits per heavy atom. The first-order valence-corrected chi connectivity index (χ1v) is 13.1. The molecule has 2 aromatic rings. The van der Waals surface area contributed by atoms with Crippen LogP contribution in [0.1, 0.15) is 56.2 Å². The highest BCUT2D eigenvalue weighted by Crippen LogP contribution is 2.58. The smallest absolute Gasteiger partial charge is 0.372 e. The predicted molar refractivity (Wildman–Crippen MR) is 135 cm³/mol. The third kappa shape index (κ3) is 5.58. The van der Waals surface area contributed by atoms with Crippen LogP contribution in [0.3, 0.4) is 0 Å². The molecule has 188 valence electrons. The Bertz CT molecular complexity index is 995. The number of benzene rings is 1. The van der Waals surface area contributed by atoms with Crippen LogP contribution in [-0.4, -0.2) is 53.7 Å². The SMILES string of the molecule is C=C(c1ccc(-c2ccc(CCC3CCN(CC4(C(F)(F)F)CC4)CC3)nc2)cc1)N1CCCC1. The third-order valence-electron chi connectivity index (χ3n) is 8.36. The van der Waals surface area contributed by atoms with Gasteiger partial charge in [0.2, 0.25) is 0 Å². The van der Waals surface area contributed by atoms with Crippen molar-refractivity contribution in [3.05, 3.63) is 60.4 Å².